The highest BCUT2D eigenvalue weighted by molar-refractivity contribution is 7.11. The Balaban J connectivity index is 1.88. The molecule has 0 fully saturated rings. The molecule has 0 amide bonds. The van der Waals surface area contributed by atoms with E-state index in [1.54, 1.807) is 23.6 Å². The fraction of sp³-hybridized carbons (Fsp3) is 0.308. The molecular formula is C13H13F3N2OS. The van der Waals surface area contributed by atoms with E-state index in [2.05, 4.69) is 15.0 Å². The van der Waals surface area contributed by atoms with Crippen LogP contribution in [0.5, 0.6) is 5.75 Å². The molecule has 0 atom stereocenters. The summed E-state index contributed by atoms with van der Waals surface area (Å²) < 4.78 is 40.2. The highest BCUT2D eigenvalue weighted by atomic mass is 32.1. The van der Waals surface area contributed by atoms with Crippen molar-refractivity contribution < 1.29 is 17.9 Å². The average molecular weight is 302 g/mol. The Labute approximate surface area is 118 Å². The molecular weight excluding hydrogens is 289 g/mol. The number of aromatic nitrogens is 1. The Bertz CT molecular complexity index is 569. The van der Waals surface area contributed by atoms with Gasteiger partial charge in [0.1, 0.15) is 10.8 Å². The number of rotatable bonds is 5. The van der Waals surface area contributed by atoms with Gasteiger partial charge in [0, 0.05) is 24.2 Å². The van der Waals surface area contributed by atoms with Gasteiger partial charge < -0.3 is 10.1 Å². The second-order valence-corrected chi connectivity index (χ2v) is 5.48. The number of nitrogens with zero attached hydrogens (tertiary/aromatic N) is 1. The van der Waals surface area contributed by atoms with E-state index in [1.807, 2.05) is 6.92 Å². The molecule has 2 aromatic rings. The smallest absolute Gasteiger partial charge is 0.406 e. The van der Waals surface area contributed by atoms with Gasteiger partial charge in [0.25, 0.3) is 0 Å². The summed E-state index contributed by atoms with van der Waals surface area (Å²) >= 11 is 1.59. The second-order valence-electron chi connectivity index (χ2n) is 4.16. The number of nitrogens with one attached hydrogen (secondary N) is 1. The largest absolute Gasteiger partial charge is 0.573 e. The van der Waals surface area contributed by atoms with Crippen LogP contribution in [0.3, 0.4) is 0 Å². The van der Waals surface area contributed by atoms with Crippen molar-refractivity contribution in [1.82, 2.24) is 10.3 Å². The predicted molar refractivity (Wildman–Crippen MR) is 70.5 cm³/mol. The zero-order valence-electron chi connectivity index (χ0n) is 10.7. The number of hydrogen-bond donors (Lipinski definition) is 1. The first-order chi connectivity index (χ1) is 9.42. The number of thiazole rings is 1. The highest BCUT2D eigenvalue weighted by Crippen LogP contribution is 2.23. The monoisotopic (exact) mass is 302 g/mol. The molecule has 20 heavy (non-hydrogen) atoms. The van der Waals surface area contributed by atoms with Gasteiger partial charge in [-0.2, -0.15) is 0 Å². The minimum Gasteiger partial charge on any atom is -0.406 e. The molecule has 3 nitrogen and oxygen atoms in total. The Morgan fingerprint density at radius 1 is 1.30 bits per heavy atom. The SMILES string of the molecule is Cc1cnc(CNCc2cccc(OC(F)(F)F)c2)s1. The van der Waals surface area contributed by atoms with E-state index in [1.165, 1.54) is 18.2 Å². The molecule has 2 rings (SSSR count). The minimum absolute atomic E-state index is 0.207. The molecule has 0 radical (unpaired) electrons. The van der Waals surface area contributed by atoms with E-state index in [9.17, 15) is 13.2 Å². The van der Waals surface area contributed by atoms with Crippen LogP contribution in [0.4, 0.5) is 13.2 Å². The topological polar surface area (TPSA) is 34.2 Å². The average Bonchev–Trinajstić information content (AvgIpc) is 2.73. The van der Waals surface area contributed by atoms with Gasteiger partial charge in [-0.05, 0) is 24.6 Å². The summed E-state index contributed by atoms with van der Waals surface area (Å²) in [5.74, 6) is -0.207. The highest BCUT2D eigenvalue weighted by Gasteiger charge is 2.31. The fourth-order valence-electron chi connectivity index (χ4n) is 1.65. The fourth-order valence-corrected chi connectivity index (χ4v) is 2.41. The lowest BCUT2D eigenvalue weighted by molar-refractivity contribution is -0.274. The number of ether oxygens (including phenoxy) is 1. The first kappa shape index (κ1) is 14.8. The van der Waals surface area contributed by atoms with E-state index in [0.29, 0.717) is 13.1 Å². The molecule has 0 spiro atoms. The summed E-state index contributed by atoms with van der Waals surface area (Å²) in [7, 11) is 0. The van der Waals surface area contributed by atoms with Crippen molar-refractivity contribution in [2.45, 2.75) is 26.4 Å². The van der Waals surface area contributed by atoms with E-state index >= 15 is 0 Å². The van der Waals surface area contributed by atoms with Crippen LogP contribution in [0.2, 0.25) is 0 Å². The van der Waals surface area contributed by atoms with Gasteiger partial charge in [0.2, 0.25) is 0 Å². The van der Waals surface area contributed by atoms with Crippen LogP contribution in [0.1, 0.15) is 15.4 Å². The Hall–Kier alpha value is -1.60. The van der Waals surface area contributed by atoms with Crippen LogP contribution in [-0.2, 0) is 13.1 Å². The quantitative estimate of drug-likeness (QED) is 0.915. The van der Waals surface area contributed by atoms with E-state index in [4.69, 9.17) is 0 Å². The van der Waals surface area contributed by atoms with E-state index in [0.717, 1.165) is 15.4 Å². The minimum atomic E-state index is -4.66. The third-order valence-electron chi connectivity index (χ3n) is 2.41. The molecule has 7 heteroatoms. The van der Waals surface area contributed by atoms with Gasteiger partial charge in [0.05, 0.1) is 0 Å². The molecule has 0 saturated heterocycles. The molecule has 1 heterocycles. The summed E-state index contributed by atoms with van der Waals surface area (Å²) in [5.41, 5.74) is 0.722. The Morgan fingerprint density at radius 2 is 2.10 bits per heavy atom. The molecule has 108 valence electrons. The molecule has 1 aromatic carbocycles. The van der Waals surface area contributed by atoms with Gasteiger partial charge in [-0.1, -0.05) is 12.1 Å². The molecule has 0 saturated carbocycles. The van der Waals surface area contributed by atoms with Gasteiger partial charge >= 0.3 is 6.36 Å². The molecule has 0 aliphatic carbocycles. The van der Waals surface area contributed by atoms with Crippen LogP contribution in [0, 0.1) is 6.92 Å². The van der Waals surface area contributed by atoms with Crippen LogP contribution in [-0.4, -0.2) is 11.3 Å². The molecule has 1 N–H and O–H groups in total. The lowest BCUT2D eigenvalue weighted by atomic mass is 10.2. The Kier molecular flexibility index (Phi) is 4.61. The maximum Gasteiger partial charge on any atom is 0.573 e. The van der Waals surface area contributed by atoms with Crippen molar-refractivity contribution in [2.75, 3.05) is 0 Å². The molecule has 0 aliphatic rings. The van der Waals surface area contributed by atoms with Crippen molar-refractivity contribution in [2.24, 2.45) is 0 Å². The first-order valence-corrected chi connectivity index (χ1v) is 6.71. The lowest BCUT2D eigenvalue weighted by Crippen LogP contribution is -2.17. The normalized spacial score (nSPS) is 11.6. The number of halogens is 3. The zero-order valence-corrected chi connectivity index (χ0v) is 11.5. The predicted octanol–water partition coefficient (Wildman–Crippen LogP) is 3.64. The third-order valence-corrected chi connectivity index (χ3v) is 3.32. The summed E-state index contributed by atoms with van der Waals surface area (Å²) in [6.07, 6.45) is -2.87. The van der Waals surface area contributed by atoms with Crippen molar-refractivity contribution >= 4 is 11.3 Å². The van der Waals surface area contributed by atoms with Crippen molar-refractivity contribution in [3.63, 3.8) is 0 Å². The third kappa shape index (κ3) is 4.82. The standard InChI is InChI=1S/C13H13F3N2OS/c1-9-6-18-12(20-9)8-17-7-10-3-2-4-11(5-10)19-13(14,15)16/h2-6,17H,7-8H2,1H3. The van der Waals surface area contributed by atoms with E-state index in [-0.39, 0.29) is 5.75 Å². The zero-order chi connectivity index (χ0) is 14.6. The van der Waals surface area contributed by atoms with Crippen LogP contribution in [0.15, 0.2) is 30.5 Å². The molecule has 0 unspecified atom stereocenters. The van der Waals surface area contributed by atoms with Crippen LogP contribution in [0.25, 0.3) is 0 Å². The summed E-state index contributed by atoms with van der Waals surface area (Å²) in [6, 6.07) is 5.92. The van der Waals surface area contributed by atoms with Gasteiger partial charge in [-0.3, -0.25) is 0 Å². The van der Waals surface area contributed by atoms with Gasteiger partial charge in [0.15, 0.2) is 0 Å². The van der Waals surface area contributed by atoms with Gasteiger partial charge in [-0.25, -0.2) is 4.98 Å². The van der Waals surface area contributed by atoms with Crippen molar-refractivity contribution in [3.05, 3.63) is 45.9 Å². The van der Waals surface area contributed by atoms with Crippen LogP contribution < -0.4 is 10.1 Å². The first-order valence-electron chi connectivity index (χ1n) is 5.89. The number of benzene rings is 1. The number of hydrogen-bond acceptors (Lipinski definition) is 4. The van der Waals surface area contributed by atoms with Crippen molar-refractivity contribution in [1.29, 1.82) is 0 Å². The summed E-state index contributed by atoms with van der Waals surface area (Å²) in [4.78, 5) is 5.32. The van der Waals surface area contributed by atoms with Crippen molar-refractivity contribution in [3.8, 4) is 5.75 Å². The second kappa shape index (κ2) is 6.23. The molecule has 1 aromatic heterocycles. The lowest BCUT2D eigenvalue weighted by Gasteiger charge is -2.10. The number of alkyl halides is 3. The van der Waals surface area contributed by atoms with Crippen LogP contribution >= 0.6 is 11.3 Å². The molecule has 0 aliphatic heterocycles. The maximum absolute atomic E-state index is 12.1. The summed E-state index contributed by atoms with van der Waals surface area (Å²) in [5, 5.41) is 4.08. The maximum atomic E-state index is 12.1. The number of aryl methyl sites for hydroxylation is 1. The molecule has 0 bridgehead atoms. The Morgan fingerprint density at radius 3 is 2.75 bits per heavy atom. The summed E-state index contributed by atoms with van der Waals surface area (Å²) in [6.45, 7) is 3.01. The van der Waals surface area contributed by atoms with Gasteiger partial charge in [-0.15, -0.1) is 24.5 Å². The van der Waals surface area contributed by atoms with E-state index < -0.39 is 6.36 Å².